The maximum atomic E-state index is 12.2. The standard InChI is InChI=1S/C16H23N3O3S/c1-22-10-4-7-17-14(20)12-23-15-6-5-13(11-18-15)16(21)19-8-2-3-9-19/h5-6,11H,2-4,7-10,12H2,1H3,(H,17,20). The fraction of sp³-hybridized carbons (Fsp3) is 0.562. The Kier molecular flexibility index (Phi) is 7.35. The number of likely N-dealkylation sites (tertiary alicyclic amines) is 1. The SMILES string of the molecule is COCCCNC(=O)CSc1ccc(C(=O)N2CCCC2)cn1. The highest BCUT2D eigenvalue weighted by atomic mass is 32.2. The van der Waals surface area contributed by atoms with Crippen LogP contribution in [-0.4, -0.2) is 60.8 Å². The van der Waals surface area contributed by atoms with Gasteiger partial charge in [0.25, 0.3) is 5.91 Å². The minimum Gasteiger partial charge on any atom is -0.385 e. The number of hydrogen-bond donors (Lipinski definition) is 1. The second-order valence-corrected chi connectivity index (χ2v) is 6.37. The molecule has 23 heavy (non-hydrogen) atoms. The average Bonchev–Trinajstić information content (AvgIpc) is 3.11. The van der Waals surface area contributed by atoms with E-state index in [1.165, 1.54) is 11.8 Å². The number of nitrogens with zero attached hydrogens (tertiary/aromatic N) is 2. The van der Waals surface area contributed by atoms with Gasteiger partial charge in [-0.05, 0) is 31.4 Å². The summed E-state index contributed by atoms with van der Waals surface area (Å²) in [6.45, 7) is 2.92. The van der Waals surface area contributed by atoms with Crippen molar-refractivity contribution >= 4 is 23.6 Å². The minimum absolute atomic E-state index is 0.0230. The molecule has 2 amide bonds. The molecule has 126 valence electrons. The monoisotopic (exact) mass is 337 g/mol. The summed E-state index contributed by atoms with van der Waals surface area (Å²) in [6, 6.07) is 3.58. The first-order chi connectivity index (χ1) is 11.2. The highest BCUT2D eigenvalue weighted by Crippen LogP contribution is 2.17. The number of thioether (sulfide) groups is 1. The van der Waals surface area contributed by atoms with Crippen molar-refractivity contribution in [1.29, 1.82) is 0 Å². The molecule has 1 N–H and O–H groups in total. The van der Waals surface area contributed by atoms with Gasteiger partial charge in [0.05, 0.1) is 16.3 Å². The van der Waals surface area contributed by atoms with Crippen molar-refractivity contribution in [2.24, 2.45) is 0 Å². The molecule has 6 nitrogen and oxygen atoms in total. The number of carbonyl (C=O) groups excluding carboxylic acids is 2. The van der Waals surface area contributed by atoms with Gasteiger partial charge in [-0.2, -0.15) is 0 Å². The summed E-state index contributed by atoms with van der Waals surface area (Å²) in [5, 5.41) is 3.57. The zero-order chi connectivity index (χ0) is 16.5. The maximum absolute atomic E-state index is 12.2. The highest BCUT2D eigenvalue weighted by Gasteiger charge is 2.19. The molecular formula is C16H23N3O3S. The van der Waals surface area contributed by atoms with Crippen LogP contribution in [0.1, 0.15) is 29.6 Å². The molecule has 1 aliphatic heterocycles. The molecule has 1 aliphatic rings. The minimum atomic E-state index is -0.0230. The molecule has 0 aromatic carbocycles. The van der Waals surface area contributed by atoms with E-state index in [9.17, 15) is 9.59 Å². The van der Waals surface area contributed by atoms with E-state index in [2.05, 4.69) is 10.3 Å². The Balaban J connectivity index is 1.74. The molecule has 0 aliphatic carbocycles. The van der Waals surface area contributed by atoms with Crippen LogP contribution in [0, 0.1) is 0 Å². The number of ether oxygens (including phenoxy) is 1. The van der Waals surface area contributed by atoms with Crippen molar-refractivity contribution in [2.75, 3.05) is 39.1 Å². The van der Waals surface area contributed by atoms with E-state index in [4.69, 9.17) is 4.74 Å². The molecule has 2 heterocycles. The first-order valence-corrected chi connectivity index (χ1v) is 8.83. The lowest BCUT2D eigenvalue weighted by Gasteiger charge is -2.14. The van der Waals surface area contributed by atoms with Gasteiger partial charge in [-0.15, -0.1) is 0 Å². The third-order valence-corrected chi connectivity index (χ3v) is 4.52. The lowest BCUT2D eigenvalue weighted by molar-refractivity contribution is -0.118. The molecule has 7 heteroatoms. The topological polar surface area (TPSA) is 71.5 Å². The summed E-state index contributed by atoms with van der Waals surface area (Å²) in [5.41, 5.74) is 0.611. The molecular weight excluding hydrogens is 314 g/mol. The number of aromatic nitrogens is 1. The zero-order valence-corrected chi connectivity index (χ0v) is 14.2. The van der Waals surface area contributed by atoms with Crippen molar-refractivity contribution in [3.05, 3.63) is 23.9 Å². The van der Waals surface area contributed by atoms with Crippen LogP contribution in [0.3, 0.4) is 0 Å². The molecule has 0 radical (unpaired) electrons. The van der Waals surface area contributed by atoms with Crippen molar-refractivity contribution < 1.29 is 14.3 Å². The highest BCUT2D eigenvalue weighted by molar-refractivity contribution is 7.99. The number of pyridine rings is 1. The van der Waals surface area contributed by atoms with Crippen LogP contribution in [0.4, 0.5) is 0 Å². The van der Waals surface area contributed by atoms with E-state index in [0.717, 1.165) is 37.4 Å². The number of hydrogen-bond acceptors (Lipinski definition) is 5. The molecule has 2 rings (SSSR count). The molecule has 0 unspecified atom stereocenters. The fourth-order valence-electron chi connectivity index (χ4n) is 2.33. The molecule has 0 saturated carbocycles. The Morgan fingerprint density at radius 3 is 2.78 bits per heavy atom. The van der Waals surface area contributed by atoms with E-state index >= 15 is 0 Å². The molecule has 1 aromatic heterocycles. The van der Waals surface area contributed by atoms with Gasteiger partial charge in [-0.3, -0.25) is 9.59 Å². The van der Waals surface area contributed by atoms with E-state index in [0.29, 0.717) is 24.5 Å². The van der Waals surface area contributed by atoms with Crippen LogP contribution >= 0.6 is 11.8 Å². The van der Waals surface area contributed by atoms with Crippen LogP contribution < -0.4 is 5.32 Å². The van der Waals surface area contributed by atoms with E-state index < -0.39 is 0 Å². The second kappa shape index (κ2) is 9.52. The fourth-order valence-corrected chi connectivity index (χ4v) is 3.00. The maximum Gasteiger partial charge on any atom is 0.255 e. The molecule has 0 atom stereocenters. The predicted octanol–water partition coefficient (Wildman–Crippen LogP) is 1.56. The van der Waals surface area contributed by atoms with E-state index in [-0.39, 0.29) is 11.8 Å². The van der Waals surface area contributed by atoms with Crippen LogP contribution in [0.2, 0.25) is 0 Å². The normalized spacial score (nSPS) is 14.0. The summed E-state index contributed by atoms with van der Waals surface area (Å²) in [4.78, 5) is 30.0. The molecule has 0 bridgehead atoms. The van der Waals surface area contributed by atoms with Crippen molar-refractivity contribution in [1.82, 2.24) is 15.2 Å². The van der Waals surface area contributed by atoms with Crippen molar-refractivity contribution in [3.8, 4) is 0 Å². The van der Waals surface area contributed by atoms with Crippen LogP contribution in [0.5, 0.6) is 0 Å². The summed E-state index contributed by atoms with van der Waals surface area (Å²) in [6.07, 6.45) is 4.55. The Labute approximate surface area is 141 Å². The van der Waals surface area contributed by atoms with Crippen LogP contribution in [0.25, 0.3) is 0 Å². The molecule has 1 saturated heterocycles. The number of rotatable bonds is 8. The Morgan fingerprint density at radius 1 is 1.35 bits per heavy atom. The van der Waals surface area contributed by atoms with E-state index in [1.807, 2.05) is 4.90 Å². The molecule has 1 aromatic rings. The van der Waals surface area contributed by atoms with Crippen molar-refractivity contribution in [3.63, 3.8) is 0 Å². The van der Waals surface area contributed by atoms with Crippen LogP contribution in [0.15, 0.2) is 23.4 Å². The second-order valence-electron chi connectivity index (χ2n) is 5.37. The van der Waals surface area contributed by atoms with Gasteiger partial charge in [-0.25, -0.2) is 4.98 Å². The largest absolute Gasteiger partial charge is 0.385 e. The third-order valence-electron chi connectivity index (χ3n) is 3.58. The predicted molar refractivity (Wildman–Crippen MR) is 89.6 cm³/mol. The van der Waals surface area contributed by atoms with Gasteiger partial charge in [0.15, 0.2) is 0 Å². The Hall–Kier alpha value is -1.60. The summed E-state index contributed by atoms with van der Waals surface area (Å²) in [7, 11) is 1.64. The lowest BCUT2D eigenvalue weighted by Crippen LogP contribution is -2.27. The number of carbonyl (C=O) groups is 2. The van der Waals surface area contributed by atoms with Crippen LogP contribution in [-0.2, 0) is 9.53 Å². The van der Waals surface area contributed by atoms with Gasteiger partial charge >= 0.3 is 0 Å². The van der Waals surface area contributed by atoms with Gasteiger partial charge in [-0.1, -0.05) is 11.8 Å². The van der Waals surface area contributed by atoms with Crippen molar-refractivity contribution in [2.45, 2.75) is 24.3 Å². The quantitative estimate of drug-likeness (QED) is 0.576. The zero-order valence-electron chi connectivity index (χ0n) is 13.4. The number of nitrogens with one attached hydrogen (secondary N) is 1. The molecule has 1 fully saturated rings. The first-order valence-electron chi connectivity index (χ1n) is 7.84. The van der Waals surface area contributed by atoms with Gasteiger partial charge in [0.2, 0.25) is 5.91 Å². The Morgan fingerprint density at radius 2 is 2.13 bits per heavy atom. The number of methoxy groups -OCH3 is 1. The third kappa shape index (κ3) is 5.84. The van der Waals surface area contributed by atoms with Gasteiger partial charge in [0.1, 0.15) is 0 Å². The summed E-state index contributed by atoms with van der Waals surface area (Å²) >= 11 is 1.37. The first kappa shape index (κ1) is 17.7. The van der Waals surface area contributed by atoms with E-state index in [1.54, 1.807) is 25.4 Å². The Bertz CT molecular complexity index is 516. The molecule has 0 spiro atoms. The number of amides is 2. The summed E-state index contributed by atoms with van der Waals surface area (Å²) in [5.74, 6) is 0.340. The smallest absolute Gasteiger partial charge is 0.255 e. The average molecular weight is 337 g/mol. The van der Waals surface area contributed by atoms with Gasteiger partial charge in [0, 0.05) is 39.5 Å². The lowest BCUT2D eigenvalue weighted by atomic mass is 10.2. The van der Waals surface area contributed by atoms with Gasteiger partial charge < -0.3 is 15.0 Å². The summed E-state index contributed by atoms with van der Waals surface area (Å²) < 4.78 is 4.92.